The smallest absolute Gasteiger partial charge is 0.289 e. The minimum absolute atomic E-state index is 0.0282. The number of hydrogen-bond donors (Lipinski definition) is 0. The van der Waals surface area contributed by atoms with Crippen molar-refractivity contribution >= 4 is 11.8 Å². The minimum atomic E-state index is -0.487. The molecule has 0 saturated carbocycles. The zero-order chi connectivity index (χ0) is 18.7. The molecule has 3 rings (SSSR count). The Bertz CT molecular complexity index is 1040. The lowest BCUT2D eigenvalue weighted by Gasteiger charge is -2.11. The maximum Gasteiger partial charge on any atom is 0.289 e. The summed E-state index contributed by atoms with van der Waals surface area (Å²) in [6, 6.07) is 14.7. The van der Waals surface area contributed by atoms with E-state index in [2.05, 4.69) is 5.10 Å². The summed E-state index contributed by atoms with van der Waals surface area (Å²) < 4.78 is 19.4. The fraction of sp³-hybridized carbons (Fsp3) is 0.105. The topological polar surface area (TPSA) is 67.9 Å². The predicted octanol–water partition coefficient (Wildman–Crippen LogP) is 3.71. The molecule has 3 aromatic rings. The summed E-state index contributed by atoms with van der Waals surface area (Å²) in [5.41, 5.74) is 0.559. The van der Waals surface area contributed by atoms with E-state index in [1.807, 2.05) is 6.07 Å². The van der Waals surface area contributed by atoms with Crippen LogP contribution in [0.15, 0.2) is 63.2 Å². The highest BCUT2D eigenvalue weighted by Crippen LogP contribution is 2.29. The van der Waals surface area contributed by atoms with Crippen molar-refractivity contribution in [2.75, 3.05) is 7.11 Å². The molecule has 0 aliphatic carbocycles. The van der Waals surface area contributed by atoms with Crippen molar-refractivity contribution in [1.29, 1.82) is 5.26 Å². The highest BCUT2D eigenvalue weighted by Gasteiger charge is 2.16. The maximum atomic E-state index is 13.1. The van der Waals surface area contributed by atoms with E-state index in [9.17, 15) is 14.4 Å². The number of aromatic nitrogens is 2. The normalized spacial score (nSPS) is 10.4. The average molecular weight is 367 g/mol. The van der Waals surface area contributed by atoms with E-state index in [1.165, 1.54) is 28.6 Å². The molecule has 1 heterocycles. The Morgan fingerprint density at radius 1 is 1.15 bits per heavy atom. The third kappa shape index (κ3) is 3.46. The first-order valence-corrected chi connectivity index (χ1v) is 8.47. The van der Waals surface area contributed by atoms with Crippen LogP contribution in [0.1, 0.15) is 11.1 Å². The van der Waals surface area contributed by atoms with Crippen molar-refractivity contribution in [2.45, 2.75) is 16.8 Å². The fourth-order valence-electron chi connectivity index (χ4n) is 2.33. The van der Waals surface area contributed by atoms with Crippen molar-refractivity contribution < 1.29 is 9.13 Å². The van der Waals surface area contributed by atoms with Crippen LogP contribution in [0.25, 0.3) is 5.69 Å². The summed E-state index contributed by atoms with van der Waals surface area (Å²) in [4.78, 5) is 13.4. The lowest BCUT2D eigenvalue weighted by atomic mass is 10.2. The molecular weight excluding hydrogens is 353 g/mol. The number of benzene rings is 2. The molecule has 0 fully saturated rings. The number of nitriles is 1. The van der Waals surface area contributed by atoms with Crippen LogP contribution in [-0.4, -0.2) is 16.9 Å². The summed E-state index contributed by atoms with van der Waals surface area (Å²) in [5.74, 6) is 0.315. The van der Waals surface area contributed by atoms with Gasteiger partial charge in [-0.05, 0) is 55.5 Å². The molecule has 26 heavy (non-hydrogen) atoms. The van der Waals surface area contributed by atoms with Gasteiger partial charge in [0.25, 0.3) is 5.56 Å². The number of rotatable bonds is 4. The van der Waals surface area contributed by atoms with Crippen LogP contribution in [0.2, 0.25) is 0 Å². The third-order valence-electron chi connectivity index (χ3n) is 3.75. The molecule has 0 saturated heterocycles. The van der Waals surface area contributed by atoms with Crippen LogP contribution in [0.4, 0.5) is 4.39 Å². The molecule has 0 amide bonds. The number of hydrogen-bond acceptors (Lipinski definition) is 5. The molecule has 0 unspecified atom stereocenters. The molecule has 0 atom stereocenters. The quantitative estimate of drug-likeness (QED) is 0.703. The molecule has 130 valence electrons. The summed E-state index contributed by atoms with van der Waals surface area (Å²) in [5, 5.41) is 14.3. The van der Waals surface area contributed by atoms with E-state index in [1.54, 1.807) is 50.4 Å². The number of halogens is 1. The van der Waals surface area contributed by atoms with Crippen LogP contribution in [0.3, 0.4) is 0 Å². The molecule has 0 spiro atoms. The second kappa shape index (κ2) is 7.42. The van der Waals surface area contributed by atoms with Gasteiger partial charge in [-0.15, -0.1) is 0 Å². The Hall–Kier alpha value is -3.11. The standard InChI is InChI=1S/C19H14FN3O2S/c1-12-17(11-21)19(24)23(14-5-7-15(25-2)8-6-14)22-18(12)26-16-9-3-13(20)4-10-16/h3-10H,1-2H3. The summed E-state index contributed by atoms with van der Waals surface area (Å²) in [6.07, 6.45) is 0. The van der Waals surface area contributed by atoms with Gasteiger partial charge in [-0.2, -0.15) is 15.0 Å². The van der Waals surface area contributed by atoms with Crippen molar-refractivity contribution in [3.8, 4) is 17.5 Å². The molecule has 7 heteroatoms. The first-order chi connectivity index (χ1) is 12.5. The summed E-state index contributed by atoms with van der Waals surface area (Å²) >= 11 is 1.26. The largest absolute Gasteiger partial charge is 0.497 e. The van der Waals surface area contributed by atoms with Crippen molar-refractivity contribution in [2.24, 2.45) is 0 Å². The molecule has 1 aromatic heterocycles. The highest BCUT2D eigenvalue weighted by molar-refractivity contribution is 7.99. The van der Waals surface area contributed by atoms with Gasteiger partial charge in [0.15, 0.2) is 0 Å². The second-order valence-corrected chi connectivity index (χ2v) is 6.45. The molecular formula is C19H14FN3O2S. The van der Waals surface area contributed by atoms with Crippen LogP contribution >= 0.6 is 11.8 Å². The second-order valence-electron chi connectivity index (χ2n) is 5.39. The lowest BCUT2D eigenvalue weighted by molar-refractivity contribution is 0.414. The Kier molecular flexibility index (Phi) is 5.05. The number of nitrogens with zero attached hydrogens (tertiary/aromatic N) is 3. The number of ether oxygens (including phenoxy) is 1. The van der Waals surface area contributed by atoms with Gasteiger partial charge < -0.3 is 4.74 Å². The molecule has 0 N–H and O–H groups in total. The zero-order valence-electron chi connectivity index (χ0n) is 14.1. The van der Waals surface area contributed by atoms with Gasteiger partial charge in [-0.3, -0.25) is 4.79 Å². The van der Waals surface area contributed by atoms with Crippen molar-refractivity contribution in [3.63, 3.8) is 0 Å². The van der Waals surface area contributed by atoms with E-state index >= 15 is 0 Å². The van der Waals surface area contributed by atoms with Crippen LogP contribution in [0.5, 0.6) is 5.75 Å². The van der Waals surface area contributed by atoms with E-state index in [4.69, 9.17) is 4.74 Å². The Balaban J connectivity index is 2.11. The van der Waals surface area contributed by atoms with Gasteiger partial charge >= 0.3 is 0 Å². The van der Waals surface area contributed by atoms with Gasteiger partial charge in [0.05, 0.1) is 12.8 Å². The van der Waals surface area contributed by atoms with Gasteiger partial charge in [0.1, 0.15) is 28.2 Å². The molecule has 0 bridgehead atoms. The Morgan fingerprint density at radius 2 is 1.81 bits per heavy atom. The van der Waals surface area contributed by atoms with E-state index in [-0.39, 0.29) is 11.4 Å². The lowest BCUT2D eigenvalue weighted by Crippen LogP contribution is -2.25. The maximum absolute atomic E-state index is 13.1. The summed E-state index contributed by atoms with van der Waals surface area (Å²) in [6.45, 7) is 1.68. The Morgan fingerprint density at radius 3 is 2.38 bits per heavy atom. The molecule has 0 radical (unpaired) electrons. The predicted molar refractivity (Wildman–Crippen MR) is 96.4 cm³/mol. The van der Waals surface area contributed by atoms with Gasteiger partial charge in [0, 0.05) is 10.5 Å². The first kappa shape index (κ1) is 17.7. The van der Waals surface area contributed by atoms with E-state index < -0.39 is 5.56 Å². The monoisotopic (exact) mass is 367 g/mol. The first-order valence-electron chi connectivity index (χ1n) is 7.65. The third-order valence-corrected chi connectivity index (χ3v) is 4.84. The highest BCUT2D eigenvalue weighted by atomic mass is 32.2. The fourth-order valence-corrected chi connectivity index (χ4v) is 3.20. The summed E-state index contributed by atoms with van der Waals surface area (Å²) in [7, 11) is 1.55. The van der Waals surface area contributed by atoms with Gasteiger partial charge in [-0.1, -0.05) is 11.8 Å². The molecule has 0 aliphatic rings. The SMILES string of the molecule is COc1ccc(-n2nc(Sc3ccc(F)cc3)c(C)c(C#N)c2=O)cc1. The minimum Gasteiger partial charge on any atom is -0.497 e. The average Bonchev–Trinajstić information content (AvgIpc) is 2.66. The number of methoxy groups -OCH3 is 1. The molecule has 2 aromatic carbocycles. The van der Waals surface area contributed by atoms with E-state index in [0.29, 0.717) is 22.0 Å². The van der Waals surface area contributed by atoms with E-state index in [0.717, 1.165) is 4.90 Å². The van der Waals surface area contributed by atoms with Crippen LogP contribution < -0.4 is 10.3 Å². The Labute approximate surface area is 153 Å². The van der Waals surface area contributed by atoms with Gasteiger partial charge in [0.2, 0.25) is 0 Å². The molecule has 0 aliphatic heterocycles. The van der Waals surface area contributed by atoms with Crippen molar-refractivity contribution in [1.82, 2.24) is 9.78 Å². The van der Waals surface area contributed by atoms with Crippen LogP contribution in [-0.2, 0) is 0 Å². The zero-order valence-corrected chi connectivity index (χ0v) is 14.9. The van der Waals surface area contributed by atoms with Gasteiger partial charge in [-0.25, -0.2) is 4.39 Å². The van der Waals surface area contributed by atoms with Crippen LogP contribution in [0, 0.1) is 24.1 Å². The molecule has 5 nitrogen and oxygen atoms in total. The van der Waals surface area contributed by atoms with Crippen molar-refractivity contribution in [3.05, 3.63) is 75.8 Å².